The quantitative estimate of drug-likeness (QED) is 0.505. The molecule has 4 saturated carbocycles. The first-order chi connectivity index (χ1) is 18.5. The lowest BCUT2D eigenvalue weighted by Crippen LogP contribution is -2.62. The standard InChI is InChI=1S/C34H52N2O3/c1-23-20-36(24(2)19-35(23)21-25-7-6-8-27(17-25)39-5)22-34(38)16-15-32(3)26(18-34)9-10-28-29-11-12-31(37)33(29,4)14-13-30(28)32/h6-8,17,23-24,26,28-30,38H,9-16,18-22H2,1-5H3/t23?,24?,26-,28-,29-,30-,32-,33-,34+/m0/s1. The van der Waals surface area contributed by atoms with Crippen molar-refractivity contribution >= 4 is 5.78 Å². The van der Waals surface area contributed by atoms with Crippen LogP contribution in [-0.2, 0) is 11.3 Å². The molecule has 1 saturated heterocycles. The molecule has 5 fully saturated rings. The predicted octanol–water partition coefficient (Wildman–Crippen LogP) is 5.93. The molecule has 0 radical (unpaired) electrons. The number of nitrogens with zero attached hydrogens (tertiary/aromatic N) is 2. The molecule has 5 aliphatic rings. The third-order valence-electron chi connectivity index (χ3n) is 12.8. The Morgan fingerprint density at radius 3 is 2.54 bits per heavy atom. The number of carbonyl (C=O) groups excluding carboxylic acids is 1. The van der Waals surface area contributed by atoms with Crippen molar-refractivity contribution < 1.29 is 14.6 Å². The molecule has 2 unspecified atom stereocenters. The first-order valence-electron chi connectivity index (χ1n) is 15.9. The molecule has 1 aromatic carbocycles. The number of benzene rings is 1. The SMILES string of the molecule is COc1cccc(CN2CC(C)N(C[C@@]3(O)CC[C@@]4(C)[C@@H](CC[C@@H]5[C@@H]4CC[C@]4(C)C(=O)CC[C@@H]54)C3)CC2C)c1. The van der Waals surface area contributed by atoms with Gasteiger partial charge in [0.25, 0.3) is 0 Å². The minimum Gasteiger partial charge on any atom is -0.497 e. The molecule has 1 heterocycles. The number of Topliss-reactive ketones (excluding diaryl/α,β-unsaturated/α-hetero) is 1. The van der Waals surface area contributed by atoms with Gasteiger partial charge in [-0.25, -0.2) is 0 Å². The topological polar surface area (TPSA) is 53.0 Å². The zero-order valence-corrected chi connectivity index (χ0v) is 25.1. The number of β-amino-alcohol motifs (C(OH)–C–C–N with tert-alkyl or cyclic N) is 1. The zero-order valence-electron chi connectivity index (χ0n) is 25.1. The van der Waals surface area contributed by atoms with Gasteiger partial charge in [0.2, 0.25) is 0 Å². The fraction of sp³-hybridized carbons (Fsp3) is 0.794. The summed E-state index contributed by atoms with van der Waals surface area (Å²) in [6, 6.07) is 9.31. The molecular formula is C34H52N2O3. The summed E-state index contributed by atoms with van der Waals surface area (Å²) < 4.78 is 5.44. The Kier molecular flexibility index (Phi) is 7.20. The minimum absolute atomic E-state index is 0.0404. The maximum atomic E-state index is 12.8. The first kappa shape index (κ1) is 27.7. The lowest BCUT2D eigenvalue weighted by molar-refractivity contribution is -0.160. The van der Waals surface area contributed by atoms with E-state index in [0.717, 1.165) is 82.3 Å². The van der Waals surface area contributed by atoms with Crippen LogP contribution in [0.15, 0.2) is 24.3 Å². The molecule has 6 rings (SSSR count). The summed E-state index contributed by atoms with van der Waals surface area (Å²) in [6.45, 7) is 13.3. The van der Waals surface area contributed by atoms with Gasteiger partial charge in [0.15, 0.2) is 0 Å². The molecular weight excluding hydrogens is 484 g/mol. The summed E-state index contributed by atoms with van der Waals surface area (Å²) in [4.78, 5) is 18.0. The molecule has 1 N–H and O–H groups in total. The van der Waals surface area contributed by atoms with E-state index in [1.54, 1.807) is 7.11 Å². The van der Waals surface area contributed by atoms with E-state index in [0.29, 0.717) is 35.1 Å². The smallest absolute Gasteiger partial charge is 0.139 e. The Bertz CT molecular complexity index is 1080. The van der Waals surface area contributed by atoms with Gasteiger partial charge in [0.05, 0.1) is 12.7 Å². The molecule has 5 nitrogen and oxygen atoms in total. The fourth-order valence-corrected chi connectivity index (χ4v) is 10.3. The van der Waals surface area contributed by atoms with Crippen LogP contribution in [0.5, 0.6) is 5.75 Å². The fourth-order valence-electron chi connectivity index (χ4n) is 10.3. The van der Waals surface area contributed by atoms with Gasteiger partial charge in [-0.05, 0) is 112 Å². The molecule has 1 aliphatic heterocycles. The van der Waals surface area contributed by atoms with Crippen molar-refractivity contribution in [3.05, 3.63) is 29.8 Å². The van der Waals surface area contributed by atoms with Crippen molar-refractivity contribution in [3.8, 4) is 5.75 Å². The lowest BCUT2D eigenvalue weighted by atomic mass is 9.44. The molecule has 1 aromatic rings. The Morgan fingerprint density at radius 2 is 1.74 bits per heavy atom. The number of aliphatic hydroxyl groups is 1. The van der Waals surface area contributed by atoms with Crippen molar-refractivity contribution in [2.45, 2.75) is 110 Å². The molecule has 0 bridgehead atoms. The number of hydrogen-bond acceptors (Lipinski definition) is 5. The van der Waals surface area contributed by atoms with Crippen LogP contribution in [0.4, 0.5) is 0 Å². The van der Waals surface area contributed by atoms with Gasteiger partial charge >= 0.3 is 0 Å². The van der Waals surface area contributed by atoms with Crippen LogP contribution in [0, 0.1) is 34.5 Å². The van der Waals surface area contributed by atoms with Gasteiger partial charge in [-0.3, -0.25) is 14.6 Å². The van der Waals surface area contributed by atoms with E-state index in [1.807, 2.05) is 6.07 Å². The highest BCUT2D eigenvalue weighted by molar-refractivity contribution is 5.87. The zero-order chi connectivity index (χ0) is 27.6. The van der Waals surface area contributed by atoms with E-state index >= 15 is 0 Å². The van der Waals surface area contributed by atoms with E-state index in [4.69, 9.17) is 4.74 Å². The van der Waals surface area contributed by atoms with E-state index in [9.17, 15) is 9.90 Å². The summed E-state index contributed by atoms with van der Waals surface area (Å²) >= 11 is 0. The molecule has 5 heteroatoms. The summed E-state index contributed by atoms with van der Waals surface area (Å²) in [5.41, 5.74) is 1.01. The van der Waals surface area contributed by atoms with Crippen LogP contribution < -0.4 is 4.74 Å². The van der Waals surface area contributed by atoms with Crippen LogP contribution in [0.3, 0.4) is 0 Å². The van der Waals surface area contributed by atoms with E-state index in [1.165, 1.54) is 24.8 Å². The van der Waals surface area contributed by atoms with Gasteiger partial charge in [0, 0.05) is 50.1 Å². The van der Waals surface area contributed by atoms with E-state index < -0.39 is 5.60 Å². The van der Waals surface area contributed by atoms with Crippen LogP contribution in [0.1, 0.15) is 91.0 Å². The Labute approximate surface area is 236 Å². The van der Waals surface area contributed by atoms with Crippen LogP contribution in [0.25, 0.3) is 0 Å². The van der Waals surface area contributed by atoms with Crippen LogP contribution >= 0.6 is 0 Å². The highest BCUT2D eigenvalue weighted by Gasteiger charge is 2.61. The third-order valence-corrected chi connectivity index (χ3v) is 12.8. The number of piperazine rings is 1. The largest absolute Gasteiger partial charge is 0.497 e. The number of hydrogen-bond donors (Lipinski definition) is 1. The second-order valence-electron chi connectivity index (χ2n) is 14.9. The molecule has 0 aromatic heterocycles. The summed E-state index contributed by atoms with van der Waals surface area (Å²) in [6.07, 6.45) is 9.79. The van der Waals surface area contributed by atoms with E-state index in [2.05, 4.69) is 55.7 Å². The molecule has 216 valence electrons. The third kappa shape index (κ3) is 4.78. The highest BCUT2D eigenvalue weighted by atomic mass is 16.5. The average Bonchev–Trinajstić information content (AvgIpc) is 3.22. The Morgan fingerprint density at radius 1 is 0.974 bits per heavy atom. The van der Waals surface area contributed by atoms with Crippen molar-refractivity contribution in [1.29, 1.82) is 0 Å². The molecule has 39 heavy (non-hydrogen) atoms. The maximum absolute atomic E-state index is 12.8. The number of ketones is 1. The number of fused-ring (bicyclic) bond motifs is 5. The summed E-state index contributed by atoms with van der Waals surface area (Å²) in [5.74, 6) is 4.15. The number of ether oxygens (including phenoxy) is 1. The summed E-state index contributed by atoms with van der Waals surface area (Å²) in [7, 11) is 1.73. The Hall–Kier alpha value is -1.43. The lowest BCUT2D eigenvalue weighted by Gasteiger charge is -2.61. The number of methoxy groups -OCH3 is 1. The Balaban J connectivity index is 1.09. The molecule has 9 atom stereocenters. The number of carbonyl (C=O) groups is 1. The monoisotopic (exact) mass is 536 g/mol. The van der Waals surface area contributed by atoms with Crippen molar-refractivity contribution in [3.63, 3.8) is 0 Å². The predicted molar refractivity (Wildman–Crippen MR) is 156 cm³/mol. The molecule has 0 amide bonds. The van der Waals surface area contributed by atoms with Crippen molar-refractivity contribution in [1.82, 2.24) is 9.80 Å². The second-order valence-corrected chi connectivity index (χ2v) is 14.9. The summed E-state index contributed by atoms with van der Waals surface area (Å²) in [5, 5.41) is 12.0. The highest BCUT2D eigenvalue weighted by Crippen LogP contribution is 2.66. The van der Waals surface area contributed by atoms with Crippen LogP contribution in [-0.4, -0.2) is 65.1 Å². The molecule has 0 spiro atoms. The number of rotatable bonds is 5. The van der Waals surface area contributed by atoms with Crippen molar-refractivity contribution in [2.24, 2.45) is 34.5 Å². The molecule has 4 aliphatic carbocycles. The van der Waals surface area contributed by atoms with Gasteiger partial charge in [-0.2, -0.15) is 0 Å². The minimum atomic E-state index is -0.577. The normalized spacial score (nSPS) is 44.9. The van der Waals surface area contributed by atoms with Gasteiger partial charge in [-0.1, -0.05) is 26.0 Å². The van der Waals surface area contributed by atoms with Gasteiger partial charge in [-0.15, -0.1) is 0 Å². The second kappa shape index (κ2) is 10.1. The first-order valence-corrected chi connectivity index (χ1v) is 15.9. The van der Waals surface area contributed by atoms with E-state index in [-0.39, 0.29) is 5.41 Å². The van der Waals surface area contributed by atoms with Gasteiger partial charge in [0.1, 0.15) is 11.5 Å². The average molecular weight is 537 g/mol. The van der Waals surface area contributed by atoms with Gasteiger partial charge < -0.3 is 9.84 Å². The maximum Gasteiger partial charge on any atom is 0.139 e. The van der Waals surface area contributed by atoms with Crippen molar-refractivity contribution in [2.75, 3.05) is 26.7 Å². The van der Waals surface area contributed by atoms with Crippen LogP contribution in [0.2, 0.25) is 0 Å².